The molecule has 0 amide bonds. The molecule has 1 aromatic heterocycles. The lowest BCUT2D eigenvalue weighted by molar-refractivity contribution is 0.0669. The van der Waals surface area contributed by atoms with Crippen LogP contribution in [0.15, 0.2) is 18.5 Å². The van der Waals surface area contributed by atoms with Gasteiger partial charge in [-0.15, -0.1) is 0 Å². The SMILES string of the molecule is CCC1(C)CNCCN1CCn1cccn1. The van der Waals surface area contributed by atoms with Gasteiger partial charge in [-0.2, -0.15) is 5.10 Å². The maximum Gasteiger partial charge on any atom is 0.0536 e. The second-order valence-electron chi connectivity index (χ2n) is 4.78. The second kappa shape index (κ2) is 4.97. The minimum atomic E-state index is 0.311. The molecule has 0 spiro atoms. The molecule has 0 bridgehead atoms. The Morgan fingerprint density at radius 3 is 3.00 bits per heavy atom. The predicted molar refractivity (Wildman–Crippen MR) is 65.4 cm³/mol. The molecule has 0 radical (unpaired) electrons. The van der Waals surface area contributed by atoms with Crippen LogP contribution >= 0.6 is 0 Å². The maximum absolute atomic E-state index is 4.25. The summed E-state index contributed by atoms with van der Waals surface area (Å²) in [6, 6.07) is 1.98. The van der Waals surface area contributed by atoms with E-state index in [4.69, 9.17) is 0 Å². The summed E-state index contributed by atoms with van der Waals surface area (Å²) in [6.45, 7) is 10.1. The van der Waals surface area contributed by atoms with E-state index in [0.717, 1.165) is 32.7 Å². The molecule has 16 heavy (non-hydrogen) atoms. The molecule has 1 N–H and O–H groups in total. The summed E-state index contributed by atoms with van der Waals surface area (Å²) < 4.78 is 2.01. The summed E-state index contributed by atoms with van der Waals surface area (Å²) in [5, 5.41) is 7.73. The average molecular weight is 222 g/mol. The quantitative estimate of drug-likeness (QED) is 0.823. The van der Waals surface area contributed by atoms with Crippen LogP contribution in [-0.4, -0.2) is 46.4 Å². The number of hydrogen-bond acceptors (Lipinski definition) is 3. The van der Waals surface area contributed by atoms with Gasteiger partial charge < -0.3 is 5.32 Å². The van der Waals surface area contributed by atoms with E-state index in [0.29, 0.717) is 5.54 Å². The van der Waals surface area contributed by atoms with E-state index in [2.05, 4.69) is 29.2 Å². The molecule has 0 aliphatic carbocycles. The first kappa shape index (κ1) is 11.6. The lowest BCUT2D eigenvalue weighted by Crippen LogP contribution is -2.59. The first-order valence-electron chi connectivity index (χ1n) is 6.18. The van der Waals surface area contributed by atoms with Crippen LogP contribution in [0.5, 0.6) is 0 Å². The number of piperazine rings is 1. The zero-order valence-corrected chi connectivity index (χ0v) is 10.3. The molecule has 1 aliphatic rings. The normalized spacial score (nSPS) is 27.1. The second-order valence-corrected chi connectivity index (χ2v) is 4.78. The highest BCUT2D eigenvalue weighted by molar-refractivity contribution is 4.91. The molecule has 1 unspecified atom stereocenters. The Hall–Kier alpha value is -0.870. The van der Waals surface area contributed by atoms with Crippen LogP contribution in [0.2, 0.25) is 0 Å². The number of aromatic nitrogens is 2. The summed E-state index contributed by atoms with van der Waals surface area (Å²) >= 11 is 0. The van der Waals surface area contributed by atoms with Crippen molar-refractivity contribution in [3.05, 3.63) is 18.5 Å². The fourth-order valence-corrected chi connectivity index (χ4v) is 2.34. The summed E-state index contributed by atoms with van der Waals surface area (Å²) in [4.78, 5) is 2.59. The number of nitrogens with one attached hydrogen (secondary N) is 1. The topological polar surface area (TPSA) is 33.1 Å². The minimum Gasteiger partial charge on any atom is -0.314 e. The van der Waals surface area contributed by atoms with Crippen molar-refractivity contribution in [3.8, 4) is 0 Å². The van der Waals surface area contributed by atoms with Crippen molar-refractivity contribution in [2.45, 2.75) is 32.4 Å². The lowest BCUT2D eigenvalue weighted by atomic mass is 9.94. The van der Waals surface area contributed by atoms with Gasteiger partial charge in [0.1, 0.15) is 0 Å². The Balaban J connectivity index is 1.91. The third-order valence-electron chi connectivity index (χ3n) is 3.75. The molecule has 0 aromatic carbocycles. The average Bonchev–Trinajstić information content (AvgIpc) is 2.81. The van der Waals surface area contributed by atoms with Gasteiger partial charge in [0.25, 0.3) is 0 Å². The minimum absolute atomic E-state index is 0.311. The standard InChI is InChI=1S/C12H22N4/c1-3-12(2)11-13-6-8-15(12)9-10-16-7-4-5-14-16/h4-5,7,13H,3,6,8-11H2,1-2H3. The number of rotatable bonds is 4. The maximum atomic E-state index is 4.25. The van der Waals surface area contributed by atoms with Crippen molar-refractivity contribution in [2.75, 3.05) is 26.2 Å². The molecule has 2 rings (SSSR count). The third-order valence-corrected chi connectivity index (χ3v) is 3.75. The number of nitrogens with zero attached hydrogens (tertiary/aromatic N) is 3. The van der Waals surface area contributed by atoms with Gasteiger partial charge in [0, 0.05) is 44.1 Å². The van der Waals surface area contributed by atoms with Gasteiger partial charge >= 0.3 is 0 Å². The Bertz CT molecular complexity index is 309. The van der Waals surface area contributed by atoms with Gasteiger partial charge in [-0.3, -0.25) is 9.58 Å². The lowest BCUT2D eigenvalue weighted by Gasteiger charge is -2.45. The Labute approximate surface area is 97.6 Å². The van der Waals surface area contributed by atoms with Crippen LogP contribution in [0.25, 0.3) is 0 Å². The smallest absolute Gasteiger partial charge is 0.0536 e. The Morgan fingerprint density at radius 2 is 2.31 bits per heavy atom. The van der Waals surface area contributed by atoms with E-state index in [1.165, 1.54) is 6.42 Å². The van der Waals surface area contributed by atoms with Crippen LogP contribution in [0.3, 0.4) is 0 Å². The van der Waals surface area contributed by atoms with Crippen LogP contribution in [-0.2, 0) is 6.54 Å². The van der Waals surface area contributed by atoms with Crippen LogP contribution in [0.4, 0.5) is 0 Å². The molecule has 1 fully saturated rings. The van der Waals surface area contributed by atoms with Crippen molar-refractivity contribution in [1.29, 1.82) is 0 Å². The first-order valence-corrected chi connectivity index (χ1v) is 6.18. The van der Waals surface area contributed by atoms with Crippen molar-refractivity contribution in [2.24, 2.45) is 0 Å². The van der Waals surface area contributed by atoms with Crippen molar-refractivity contribution in [3.63, 3.8) is 0 Å². The summed E-state index contributed by atoms with van der Waals surface area (Å²) in [7, 11) is 0. The molecular weight excluding hydrogens is 200 g/mol. The monoisotopic (exact) mass is 222 g/mol. The fourth-order valence-electron chi connectivity index (χ4n) is 2.34. The zero-order valence-electron chi connectivity index (χ0n) is 10.3. The van der Waals surface area contributed by atoms with E-state index in [9.17, 15) is 0 Å². The summed E-state index contributed by atoms with van der Waals surface area (Å²) in [5.74, 6) is 0. The molecule has 4 heteroatoms. The van der Waals surface area contributed by atoms with E-state index >= 15 is 0 Å². The Morgan fingerprint density at radius 1 is 1.44 bits per heavy atom. The molecule has 4 nitrogen and oxygen atoms in total. The molecule has 2 heterocycles. The molecule has 1 atom stereocenters. The van der Waals surface area contributed by atoms with Gasteiger partial charge in [-0.25, -0.2) is 0 Å². The first-order chi connectivity index (χ1) is 7.74. The molecule has 90 valence electrons. The van der Waals surface area contributed by atoms with Gasteiger partial charge in [0.05, 0.1) is 6.54 Å². The van der Waals surface area contributed by atoms with E-state index in [1.807, 2.05) is 23.1 Å². The van der Waals surface area contributed by atoms with Gasteiger partial charge in [0.15, 0.2) is 0 Å². The predicted octanol–water partition coefficient (Wildman–Crippen LogP) is 0.957. The van der Waals surface area contributed by atoms with E-state index in [1.54, 1.807) is 0 Å². The molecule has 1 aromatic rings. The Kier molecular flexibility index (Phi) is 3.61. The largest absolute Gasteiger partial charge is 0.314 e. The van der Waals surface area contributed by atoms with Crippen LogP contribution in [0, 0.1) is 0 Å². The van der Waals surface area contributed by atoms with Gasteiger partial charge in [-0.05, 0) is 19.4 Å². The molecule has 1 saturated heterocycles. The number of hydrogen-bond donors (Lipinski definition) is 1. The third kappa shape index (κ3) is 2.44. The van der Waals surface area contributed by atoms with Gasteiger partial charge in [0.2, 0.25) is 0 Å². The van der Waals surface area contributed by atoms with Crippen LogP contribution in [0.1, 0.15) is 20.3 Å². The molecular formula is C12H22N4. The summed E-state index contributed by atoms with van der Waals surface area (Å²) in [5.41, 5.74) is 0.311. The molecule has 1 aliphatic heterocycles. The molecule has 0 saturated carbocycles. The van der Waals surface area contributed by atoms with Gasteiger partial charge in [-0.1, -0.05) is 6.92 Å². The highest BCUT2D eigenvalue weighted by Gasteiger charge is 2.31. The highest BCUT2D eigenvalue weighted by atomic mass is 15.3. The fraction of sp³-hybridized carbons (Fsp3) is 0.750. The van der Waals surface area contributed by atoms with E-state index < -0.39 is 0 Å². The van der Waals surface area contributed by atoms with Crippen LogP contribution < -0.4 is 5.32 Å². The van der Waals surface area contributed by atoms with Crippen molar-refractivity contribution < 1.29 is 0 Å². The summed E-state index contributed by atoms with van der Waals surface area (Å²) in [6.07, 6.45) is 5.07. The van der Waals surface area contributed by atoms with Crippen molar-refractivity contribution >= 4 is 0 Å². The van der Waals surface area contributed by atoms with Crippen molar-refractivity contribution in [1.82, 2.24) is 20.0 Å². The highest BCUT2D eigenvalue weighted by Crippen LogP contribution is 2.20. The van der Waals surface area contributed by atoms with E-state index in [-0.39, 0.29) is 0 Å². The zero-order chi connectivity index (χ0) is 11.4.